The van der Waals surface area contributed by atoms with Crippen molar-refractivity contribution in [2.75, 3.05) is 20.2 Å². The van der Waals surface area contributed by atoms with Crippen LogP contribution in [0, 0.1) is 6.92 Å². The van der Waals surface area contributed by atoms with Crippen LogP contribution in [0.15, 0.2) is 23.2 Å². The van der Waals surface area contributed by atoms with Crippen molar-refractivity contribution in [3.05, 3.63) is 29.3 Å². The summed E-state index contributed by atoms with van der Waals surface area (Å²) in [5, 5.41) is 0. The number of rotatable bonds is 3. The van der Waals surface area contributed by atoms with Crippen LogP contribution in [0.25, 0.3) is 0 Å². The molecular formula is C15H22N2O. The molecule has 0 saturated carbocycles. The average Bonchev–Trinajstić information content (AvgIpc) is 2.37. The lowest BCUT2D eigenvalue weighted by molar-refractivity contribution is 0.237. The number of hydrogen-bond acceptors (Lipinski definition) is 3. The molecule has 0 amide bonds. The predicted molar refractivity (Wildman–Crippen MR) is 75.6 cm³/mol. The molecule has 0 saturated heterocycles. The minimum absolute atomic E-state index is 0.421. The van der Waals surface area contributed by atoms with Crippen LogP contribution in [0.3, 0.4) is 0 Å². The number of nitrogens with zero attached hydrogens (tertiary/aromatic N) is 2. The molecule has 1 aromatic carbocycles. The first-order valence-corrected chi connectivity index (χ1v) is 6.50. The van der Waals surface area contributed by atoms with Crippen LogP contribution in [0.4, 0.5) is 0 Å². The lowest BCUT2D eigenvalue weighted by atomic mass is 10.1. The van der Waals surface area contributed by atoms with Gasteiger partial charge < -0.3 is 4.74 Å². The Bertz CT molecular complexity index is 454. The normalized spacial score (nSPS) is 20.7. The third-order valence-electron chi connectivity index (χ3n) is 3.72. The van der Waals surface area contributed by atoms with Crippen molar-refractivity contribution in [1.82, 2.24) is 4.90 Å². The van der Waals surface area contributed by atoms with Crippen LogP contribution in [-0.2, 0) is 6.54 Å². The topological polar surface area (TPSA) is 24.8 Å². The Balaban J connectivity index is 2.17. The average molecular weight is 246 g/mol. The third-order valence-corrected chi connectivity index (χ3v) is 3.72. The van der Waals surface area contributed by atoms with Gasteiger partial charge in [0.2, 0.25) is 0 Å². The second-order valence-electron chi connectivity index (χ2n) is 4.98. The number of methoxy groups -OCH3 is 1. The fraction of sp³-hybridized carbons (Fsp3) is 0.533. The highest BCUT2D eigenvalue weighted by Gasteiger charge is 2.21. The zero-order chi connectivity index (χ0) is 13.1. The third kappa shape index (κ3) is 2.72. The van der Waals surface area contributed by atoms with Crippen molar-refractivity contribution in [1.29, 1.82) is 0 Å². The highest BCUT2D eigenvalue weighted by molar-refractivity contribution is 5.87. The van der Waals surface area contributed by atoms with Crippen molar-refractivity contribution < 1.29 is 4.74 Å². The summed E-state index contributed by atoms with van der Waals surface area (Å²) in [7, 11) is 1.74. The summed E-state index contributed by atoms with van der Waals surface area (Å²) in [6.45, 7) is 9.28. The number of ether oxygens (including phenoxy) is 1. The van der Waals surface area contributed by atoms with E-state index in [0.29, 0.717) is 6.04 Å². The summed E-state index contributed by atoms with van der Waals surface area (Å²) in [5.41, 5.74) is 3.72. The molecule has 0 fully saturated rings. The molecule has 3 heteroatoms. The van der Waals surface area contributed by atoms with E-state index < -0.39 is 0 Å². The molecule has 1 heterocycles. The zero-order valence-electron chi connectivity index (χ0n) is 11.7. The fourth-order valence-electron chi connectivity index (χ4n) is 2.36. The Morgan fingerprint density at radius 1 is 1.39 bits per heavy atom. The van der Waals surface area contributed by atoms with Crippen LogP contribution < -0.4 is 4.74 Å². The highest BCUT2D eigenvalue weighted by atomic mass is 16.5. The minimum atomic E-state index is 0.421. The zero-order valence-corrected chi connectivity index (χ0v) is 11.7. The van der Waals surface area contributed by atoms with Crippen molar-refractivity contribution in [3.63, 3.8) is 0 Å². The van der Waals surface area contributed by atoms with E-state index in [1.54, 1.807) is 7.11 Å². The number of aryl methyl sites for hydroxylation is 1. The van der Waals surface area contributed by atoms with Crippen molar-refractivity contribution >= 4 is 5.71 Å². The van der Waals surface area contributed by atoms with Gasteiger partial charge in [0.05, 0.1) is 13.7 Å². The second-order valence-corrected chi connectivity index (χ2v) is 4.98. The van der Waals surface area contributed by atoms with Crippen LogP contribution >= 0.6 is 0 Å². The van der Waals surface area contributed by atoms with Gasteiger partial charge in [0.25, 0.3) is 0 Å². The molecule has 1 aromatic rings. The van der Waals surface area contributed by atoms with E-state index in [-0.39, 0.29) is 0 Å². The molecule has 0 radical (unpaired) electrons. The molecule has 0 aliphatic carbocycles. The number of aliphatic imine (C=N–C) groups is 1. The summed E-state index contributed by atoms with van der Waals surface area (Å²) in [5.74, 6) is 0.988. The van der Waals surface area contributed by atoms with Crippen LogP contribution in [-0.4, -0.2) is 36.9 Å². The van der Waals surface area contributed by atoms with E-state index in [1.807, 2.05) is 0 Å². The molecule has 98 valence electrons. The number of benzene rings is 1. The van der Waals surface area contributed by atoms with Gasteiger partial charge in [-0.25, -0.2) is 0 Å². The van der Waals surface area contributed by atoms with Crippen molar-refractivity contribution in [2.24, 2.45) is 4.99 Å². The van der Waals surface area contributed by atoms with E-state index in [4.69, 9.17) is 4.74 Å². The highest BCUT2D eigenvalue weighted by Crippen LogP contribution is 2.23. The predicted octanol–water partition coefficient (Wildman–Crippen LogP) is 2.67. The molecule has 3 nitrogen and oxygen atoms in total. The molecule has 0 spiro atoms. The molecule has 0 aromatic heterocycles. The maximum Gasteiger partial charge on any atom is 0.123 e. The van der Waals surface area contributed by atoms with Crippen molar-refractivity contribution in [2.45, 2.75) is 33.4 Å². The first kappa shape index (κ1) is 13.1. The van der Waals surface area contributed by atoms with Gasteiger partial charge in [-0.2, -0.15) is 0 Å². The van der Waals surface area contributed by atoms with Gasteiger partial charge in [-0.3, -0.25) is 9.89 Å². The second kappa shape index (κ2) is 5.53. The van der Waals surface area contributed by atoms with Crippen LogP contribution in [0.2, 0.25) is 0 Å². The Morgan fingerprint density at radius 3 is 2.89 bits per heavy atom. The smallest absolute Gasteiger partial charge is 0.123 e. The van der Waals surface area contributed by atoms with Crippen molar-refractivity contribution in [3.8, 4) is 5.75 Å². The standard InChI is InChI=1S/C15H22N2O/c1-11-5-6-14(15(9-11)18-4)10-17-8-7-16-12(2)13(17)3/h5-6,9,13H,7-8,10H2,1-4H3/t13-/m1/s1. The molecule has 2 rings (SSSR count). The Kier molecular flexibility index (Phi) is 4.02. The van der Waals surface area contributed by atoms with Gasteiger partial charge in [0.15, 0.2) is 0 Å². The van der Waals surface area contributed by atoms with E-state index in [1.165, 1.54) is 16.8 Å². The quantitative estimate of drug-likeness (QED) is 0.819. The minimum Gasteiger partial charge on any atom is -0.496 e. The van der Waals surface area contributed by atoms with Gasteiger partial charge in [-0.15, -0.1) is 0 Å². The van der Waals surface area contributed by atoms with Gasteiger partial charge in [-0.05, 0) is 32.4 Å². The Labute approximate surface area is 109 Å². The van der Waals surface area contributed by atoms with E-state index in [2.05, 4.69) is 48.9 Å². The van der Waals surface area contributed by atoms with Crippen LogP contribution in [0.5, 0.6) is 5.75 Å². The monoisotopic (exact) mass is 246 g/mol. The van der Waals surface area contributed by atoms with E-state index in [9.17, 15) is 0 Å². The molecule has 1 aliphatic rings. The fourth-order valence-corrected chi connectivity index (χ4v) is 2.36. The SMILES string of the molecule is COc1cc(C)ccc1CN1CCN=C(C)[C@H]1C. The first-order chi connectivity index (χ1) is 8.61. The summed E-state index contributed by atoms with van der Waals surface area (Å²) in [6.07, 6.45) is 0. The van der Waals surface area contributed by atoms with E-state index >= 15 is 0 Å². The first-order valence-electron chi connectivity index (χ1n) is 6.50. The summed E-state index contributed by atoms with van der Waals surface area (Å²) in [6, 6.07) is 6.84. The maximum atomic E-state index is 5.47. The van der Waals surface area contributed by atoms with Gasteiger partial charge in [0, 0.05) is 30.4 Å². The maximum absolute atomic E-state index is 5.47. The summed E-state index contributed by atoms with van der Waals surface area (Å²) in [4.78, 5) is 6.96. The summed E-state index contributed by atoms with van der Waals surface area (Å²) < 4.78 is 5.47. The molecule has 1 aliphatic heterocycles. The van der Waals surface area contributed by atoms with Gasteiger partial charge >= 0.3 is 0 Å². The molecule has 18 heavy (non-hydrogen) atoms. The molecule has 1 atom stereocenters. The van der Waals surface area contributed by atoms with Gasteiger partial charge in [-0.1, -0.05) is 12.1 Å². The molecule has 0 unspecified atom stereocenters. The lowest BCUT2D eigenvalue weighted by Gasteiger charge is -2.32. The molecular weight excluding hydrogens is 224 g/mol. The Hall–Kier alpha value is -1.35. The van der Waals surface area contributed by atoms with E-state index in [0.717, 1.165) is 25.4 Å². The Morgan fingerprint density at radius 2 is 2.17 bits per heavy atom. The lowest BCUT2D eigenvalue weighted by Crippen LogP contribution is -2.42. The largest absolute Gasteiger partial charge is 0.496 e. The summed E-state index contributed by atoms with van der Waals surface area (Å²) >= 11 is 0. The molecule has 0 N–H and O–H groups in total. The van der Waals surface area contributed by atoms with Crippen LogP contribution in [0.1, 0.15) is 25.0 Å². The van der Waals surface area contributed by atoms with Gasteiger partial charge in [0.1, 0.15) is 5.75 Å². The molecule has 0 bridgehead atoms. The number of hydrogen-bond donors (Lipinski definition) is 0.